The summed E-state index contributed by atoms with van der Waals surface area (Å²) < 4.78 is 0. The van der Waals surface area contributed by atoms with Crippen LogP contribution < -0.4 is 0 Å². The first-order chi connectivity index (χ1) is 18.3. The van der Waals surface area contributed by atoms with Crippen molar-refractivity contribution < 1.29 is 0 Å². The first kappa shape index (κ1) is 21.8. The summed E-state index contributed by atoms with van der Waals surface area (Å²) in [6, 6.07) is 10.5. The van der Waals surface area contributed by atoms with Gasteiger partial charge < -0.3 is 4.98 Å². The molecular weight excluding hydrogens is 460 g/mol. The highest BCUT2D eigenvalue weighted by molar-refractivity contribution is 6.01. The second kappa shape index (κ2) is 9.22. The number of hydrogen-bond acceptors (Lipinski definition) is 6. The lowest BCUT2D eigenvalue weighted by molar-refractivity contribution is 0.220. The van der Waals surface area contributed by atoms with Gasteiger partial charge in [-0.05, 0) is 67.4 Å². The van der Waals surface area contributed by atoms with Gasteiger partial charge in [-0.1, -0.05) is 6.42 Å². The Labute approximate surface area is 213 Å². The summed E-state index contributed by atoms with van der Waals surface area (Å²) in [5, 5.41) is 9.89. The van der Waals surface area contributed by atoms with E-state index in [2.05, 4.69) is 53.2 Å². The fraction of sp³-hybridized carbons (Fsp3) is 0.207. The lowest BCUT2D eigenvalue weighted by Gasteiger charge is -2.26. The maximum atomic E-state index is 4.72. The van der Waals surface area contributed by atoms with Gasteiger partial charge in [-0.2, -0.15) is 5.10 Å². The third-order valence-electron chi connectivity index (χ3n) is 7.18. The number of piperidine rings is 1. The summed E-state index contributed by atoms with van der Waals surface area (Å²) >= 11 is 0. The van der Waals surface area contributed by atoms with Crippen LogP contribution in [0.4, 0.5) is 0 Å². The van der Waals surface area contributed by atoms with Crippen molar-refractivity contribution in [2.45, 2.75) is 25.8 Å². The highest BCUT2D eigenvalue weighted by Crippen LogP contribution is 2.34. The van der Waals surface area contributed by atoms with Crippen molar-refractivity contribution in [1.82, 2.24) is 40.0 Å². The van der Waals surface area contributed by atoms with Crippen LogP contribution in [0.25, 0.3) is 55.6 Å². The number of hydrogen-bond donors (Lipinski definition) is 2. The van der Waals surface area contributed by atoms with E-state index < -0.39 is 0 Å². The van der Waals surface area contributed by atoms with E-state index in [9.17, 15) is 0 Å². The van der Waals surface area contributed by atoms with Crippen LogP contribution in [0.2, 0.25) is 0 Å². The van der Waals surface area contributed by atoms with Gasteiger partial charge in [-0.25, -0.2) is 0 Å². The molecule has 1 aliphatic heterocycles. The molecule has 7 rings (SSSR count). The Hall–Kier alpha value is -4.43. The molecular formula is C29H26N8. The molecule has 37 heavy (non-hydrogen) atoms. The quantitative estimate of drug-likeness (QED) is 0.329. The van der Waals surface area contributed by atoms with Crippen LogP contribution in [0, 0.1) is 0 Å². The SMILES string of the molecule is c1cc(-c2cncc3[nH]c(-c4n[nH]c5cnc(-c6cncc(CN7CCCCC7)c6)cc45)cc23)ccn1. The fourth-order valence-corrected chi connectivity index (χ4v) is 5.31. The van der Waals surface area contributed by atoms with Crippen molar-refractivity contribution >= 4 is 21.8 Å². The van der Waals surface area contributed by atoms with E-state index in [1.807, 2.05) is 43.1 Å². The standard InChI is InChI=1S/C29H26N8/c1-2-8-37(9-3-1)18-19-10-21(14-31-13-19)25-12-23-28(17-33-25)35-36-29(23)26-11-22-24(15-32-16-27(22)34-26)20-4-6-30-7-5-20/h4-7,10-17,34H,1-3,8-9,18H2,(H,35,36). The number of rotatable bonds is 5. The minimum atomic E-state index is 0.855. The Morgan fingerprint density at radius 1 is 0.757 bits per heavy atom. The Balaban J connectivity index is 1.26. The summed E-state index contributed by atoms with van der Waals surface area (Å²) in [5.41, 5.74) is 8.90. The molecule has 0 aromatic carbocycles. The molecule has 1 fully saturated rings. The average molecular weight is 487 g/mol. The van der Waals surface area contributed by atoms with Gasteiger partial charge in [0.15, 0.2) is 0 Å². The van der Waals surface area contributed by atoms with E-state index in [0.29, 0.717) is 0 Å². The smallest absolute Gasteiger partial charge is 0.116 e. The molecule has 0 spiro atoms. The second-order valence-electron chi connectivity index (χ2n) is 9.67. The van der Waals surface area contributed by atoms with E-state index in [1.165, 1.54) is 24.8 Å². The van der Waals surface area contributed by atoms with Crippen molar-refractivity contribution in [3.63, 3.8) is 0 Å². The molecule has 0 radical (unpaired) electrons. The topological polar surface area (TPSA) is 99.3 Å². The number of pyridine rings is 4. The molecule has 2 N–H and O–H groups in total. The van der Waals surface area contributed by atoms with Gasteiger partial charge in [0.05, 0.1) is 34.8 Å². The summed E-state index contributed by atoms with van der Waals surface area (Å²) in [6.07, 6.45) is 17.0. The highest BCUT2D eigenvalue weighted by atomic mass is 15.1. The van der Waals surface area contributed by atoms with Crippen LogP contribution >= 0.6 is 0 Å². The molecule has 0 atom stereocenters. The molecule has 6 aromatic heterocycles. The highest BCUT2D eigenvalue weighted by Gasteiger charge is 2.16. The first-order valence-corrected chi connectivity index (χ1v) is 12.7. The number of H-pyrrole nitrogens is 2. The van der Waals surface area contributed by atoms with Crippen LogP contribution in [-0.2, 0) is 6.54 Å². The average Bonchev–Trinajstić information content (AvgIpc) is 3.58. The number of fused-ring (bicyclic) bond motifs is 2. The Morgan fingerprint density at radius 3 is 2.51 bits per heavy atom. The minimum absolute atomic E-state index is 0.855. The van der Waals surface area contributed by atoms with Gasteiger partial charge in [-0.15, -0.1) is 0 Å². The molecule has 182 valence electrons. The van der Waals surface area contributed by atoms with Crippen molar-refractivity contribution in [1.29, 1.82) is 0 Å². The van der Waals surface area contributed by atoms with Gasteiger partial charge in [0.2, 0.25) is 0 Å². The number of nitrogens with one attached hydrogen (secondary N) is 2. The number of likely N-dealkylation sites (tertiary alicyclic amines) is 1. The third-order valence-corrected chi connectivity index (χ3v) is 7.18. The monoisotopic (exact) mass is 486 g/mol. The predicted octanol–water partition coefficient (Wildman–Crippen LogP) is 5.61. The molecule has 8 heteroatoms. The lowest BCUT2D eigenvalue weighted by atomic mass is 10.0. The van der Waals surface area contributed by atoms with Gasteiger partial charge in [0, 0.05) is 59.4 Å². The van der Waals surface area contributed by atoms with Gasteiger partial charge in [0.1, 0.15) is 5.69 Å². The van der Waals surface area contributed by atoms with Crippen LogP contribution in [0.1, 0.15) is 24.8 Å². The van der Waals surface area contributed by atoms with Crippen molar-refractivity contribution in [2.24, 2.45) is 0 Å². The first-order valence-electron chi connectivity index (χ1n) is 12.7. The largest absolute Gasteiger partial charge is 0.352 e. The number of aromatic amines is 2. The molecule has 1 saturated heterocycles. The normalized spacial score (nSPS) is 14.5. The molecule has 0 bridgehead atoms. The van der Waals surface area contributed by atoms with Crippen molar-refractivity contribution in [3.05, 3.63) is 79.3 Å². The Bertz CT molecular complexity index is 1700. The third kappa shape index (κ3) is 4.15. The van der Waals surface area contributed by atoms with Gasteiger partial charge >= 0.3 is 0 Å². The molecule has 6 aromatic rings. The van der Waals surface area contributed by atoms with E-state index in [-0.39, 0.29) is 0 Å². The number of aromatic nitrogens is 7. The van der Waals surface area contributed by atoms with Crippen molar-refractivity contribution in [2.75, 3.05) is 13.1 Å². The molecule has 8 nitrogen and oxygen atoms in total. The Morgan fingerprint density at radius 2 is 1.62 bits per heavy atom. The van der Waals surface area contributed by atoms with Crippen LogP contribution in [0.3, 0.4) is 0 Å². The molecule has 0 saturated carbocycles. The van der Waals surface area contributed by atoms with Crippen LogP contribution in [0.5, 0.6) is 0 Å². The van der Waals surface area contributed by atoms with Crippen LogP contribution in [-0.4, -0.2) is 53.1 Å². The van der Waals surface area contributed by atoms with Gasteiger partial charge in [0.25, 0.3) is 0 Å². The summed E-state index contributed by atoms with van der Waals surface area (Å²) in [4.78, 5) is 23.9. The molecule has 0 unspecified atom stereocenters. The van der Waals surface area contributed by atoms with E-state index in [4.69, 9.17) is 4.98 Å². The maximum Gasteiger partial charge on any atom is 0.116 e. The predicted molar refractivity (Wildman–Crippen MR) is 145 cm³/mol. The van der Waals surface area contributed by atoms with E-state index >= 15 is 0 Å². The molecule has 0 aliphatic carbocycles. The van der Waals surface area contributed by atoms with E-state index in [0.717, 1.165) is 75.2 Å². The number of nitrogens with zero attached hydrogens (tertiary/aromatic N) is 6. The molecule has 7 heterocycles. The van der Waals surface area contributed by atoms with Crippen molar-refractivity contribution in [3.8, 4) is 33.8 Å². The molecule has 1 aliphatic rings. The van der Waals surface area contributed by atoms with E-state index in [1.54, 1.807) is 12.4 Å². The second-order valence-corrected chi connectivity index (χ2v) is 9.67. The fourth-order valence-electron chi connectivity index (χ4n) is 5.31. The Kier molecular flexibility index (Phi) is 5.44. The lowest BCUT2D eigenvalue weighted by Crippen LogP contribution is -2.29. The van der Waals surface area contributed by atoms with Crippen LogP contribution in [0.15, 0.2) is 73.7 Å². The van der Waals surface area contributed by atoms with Gasteiger partial charge in [-0.3, -0.25) is 29.9 Å². The zero-order valence-electron chi connectivity index (χ0n) is 20.4. The minimum Gasteiger partial charge on any atom is -0.352 e. The maximum absolute atomic E-state index is 4.72. The summed E-state index contributed by atoms with van der Waals surface area (Å²) in [5.74, 6) is 0. The summed E-state index contributed by atoms with van der Waals surface area (Å²) in [6.45, 7) is 3.26. The zero-order chi connectivity index (χ0) is 24.6. The summed E-state index contributed by atoms with van der Waals surface area (Å²) in [7, 11) is 0. The zero-order valence-corrected chi connectivity index (χ0v) is 20.4. The molecule has 0 amide bonds.